The van der Waals surface area contributed by atoms with Crippen LogP contribution in [0.4, 0.5) is 0 Å². The molecule has 0 fully saturated rings. The van der Waals surface area contributed by atoms with E-state index in [1.807, 2.05) is 2.82 Å². The van der Waals surface area contributed by atoms with Gasteiger partial charge >= 0.3 is 70.4 Å². The molecule has 0 aromatic carbocycles. The van der Waals surface area contributed by atoms with E-state index in [0.717, 1.165) is 11.2 Å². The van der Waals surface area contributed by atoms with E-state index in [1.165, 1.54) is 6.33 Å². The first-order valence-corrected chi connectivity index (χ1v) is 3.84. The van der Waals surface area contributed by atoms with Gasteiger partial charge in [-0.15, -0.1) is 0 Å². The van der Waals surface area contributed by atoms with E-state index in [-0.39, 0.29) is 0 Å². The first-order chi connectivity index (χ1) is 4.88. The summed E-state index contributed by atoms with van der Waals surface area (Å²) in [5.41, 5.74) is 1.74. The second-order valence-corrected chi connectivity index (χ2v) is 3.05. The molecule has 2 aromatic heterocycles. The van der Waals surface area contributed by atoms with Gasteiger partial charge in [-0.2, -0.15) is 0 Å². The van der Waals surface area contributed by atoms with Gasteiger partial charge in [-0.1, -0.05) is 0 Å². The number of nitrogens with zero attached hydrogens (tertiary/aromatic N) is 4. The van der Waals surface area contributed by atoms with Crippen molar-refractivity contribution >= 4 is 33.7 Å². The average molecular weight is 248 g/mol. The van der Waals surface area contributed by atoms with Crippen LogP contribution in [0.3, 0.4) is 0 Å². The van der Waals surface area contributed by atoms with Gasteiger partial charge in [0.15, 0.2) is 0 Å². The zero-order chi connectivity index (χ0) is 6.97. The molecule has 0 aliphatic rings. The molecule has 2 heterocycles. The Hall–Kier alpha value is -0.660. The Kier molecular flexibility index (Phi) is 1.33. The summed E-state index contributed by atoms with van der Waals surface area (Å²) in [6, 6.07) is 0. The van der Waals surface area contributed by atoms with Crippen molar-refractivity contribution in [3.05, 3.63) is 18.9 Å². The summed E-state index contributed by atoms with van der Waals surface area (Å²) in [6.07, 6.45) is 4.97. The molecule has 0 amide bonds. The summed E-state index contributed by atoms with van der Waals surface area (Å²) < 4.78 is 1.91. The molecule has 0 saturated carbocycles. The number of fused-ring (bicyclic) bond motifs is 1. The van der Waals surface area contributed by atoms with E-state index in [0.29, 0.717) is 0 Å². The molecule has 0 aliphatic carbocycles. The second kappa shape index (κ2) is 2.18. The van der Waals surface area contributed by atoms with E-state index in [2.05, 4.69) is 15.0 Å². The predicted molar refractivity (Wildman–Crippen MR) is 37.9 cm³/mol. The zero-order valence-corrected chi connectivity index (χ0v) is 7.52. The maximum atomic E-state index is 4.07. The fraction of sp³-hybridized carbons (Fsp3) is 0. The van der Waals surface area contributed by atoms with Gasteiger partial charge in [-0.3, -0.25) is 0 Å². The summed E-state index contributed by atoms with van der Waals surface area (Å²) in [5.74, 6) is 0. The third kappa shape index (κ3) is 0.789. The molecule has 0 atom stereocenters. The topological polar surface area (TPSA) is 43.6 Å². The number of imidazole rings is 1. The van der Waals surface area contributed by atoms with Gasteiger partial charge < -0.3 is 0 Å². The standard InChI is InChI=1S/C5H4N4Te/c10-9-3-8-4-1-6-2-7-5(4)9/h1-3,10H. The first kappa shape index (κ1) is 6.08. The zero-order valence-electron chi connectivity index (χ0n) is 4.97. The van der Waals surface area contributed by atoms with Crippen molar-refractivity contribution in [2.75, 3.05) is 0 Å². The van der Waals surface area contributed by atoms with Gasteiger partial charge in [-0.25, -0.2) is 0 Å². The average Bonchev–Trinajstić information content (AvgIpc) is 2.34. The molecule has 5 heteroatoms. The van der Waals surface area contributed by atoms with E-state index in [1.54, 1.807) is 35.1 Å². The Morgan fingerprint density at radius 3 is 3.10 bits per heavy atom. The fourth-order valence-electron chi connectivity index (χ4n) is 0.755. The van der Waals surface area contributed by atoms with Crippen LogP contribution in [0.15, 0.2) is 18.9 Å². The summed E-state index contributed by atoms with van der Waals surface area (Å²) in [6.45, 7) is 0. The Morgan fingerprint density at radius 1 is 1.40 bits per heavy atom. The van der Waals surface area contributed by atoms with Crippen molar-refractivity contribution in [1.82, 2.24) is 17.8 Å². The number of hydrogen-bond donors (Lipinski definition) is 0. The Bertz CT molecular complexity index is 355. The second-order valence-electron chi connectivity index (χ2n) is 1.82. The molecule has 10 heavy (non-hydrogen) atoms. The van der Waals surface area contributed by atoms with E-state index < -0.39 is 0 Å². The number of rotatable bonds is 0. The molecule has 50 valence electrons. The molecule has 0 aliphatic heterocycles. The monoisotopic (exact) mass is 250 g/mol. The predicted octanol–water partition coefficient (Wildman–Crippen LogP) is -0.510. The number of aromatic nitrogens is 4. The summed E-state index contributed by atoms with van der Waals surface area (Å²) in [5, 5.41) is 0. The molecular formula is C5H4N4Te. The van der Waals surface area contributed by atoms with Gasteiger partial charge in [0.1, 0.15) is 0 Å². The molecular weight excluding hydrogens is 244 g/mol. The van der Waals surface area contributed by atoms with Crippen LogP contribution >= 0.6 is 0 Å². The van der Waals surface area contributed by atoms with Gasteiger partial charge in [0, 0.05) is 0 Å². The SMILES string of the molecule is [TeH]n1cnc2cncnc21. The van der Waals surface area contributed by atoms with Crippen LogP contribution in [0.1, 0.15) is 0 Å². The molecule has 0 N–H and O–H groups in total. The maximum absolute atomic E-state index is 4.07. The molecule has 0 spiro atoms. The third-order valence-corrected chi connectivity index (χ3v) is 2.03. The molecule has 0 saturated heterocycles. The summed E-state index contributed by atoms with van der Waals surface area (Å²) in [7, 11) is 0. The van der Waals surface area contributed by atoms with Crippen LogP contribution in [-0.2, 0) is 0 Å². The van der Waals surface area contributed by atoms with Gasteiger partial charge in [-0.05, 0) is 0 Å². The van der Waals surface area contributed by atoms with Crippen molar-refractivity contribution in [2.24, 2.45) is 0 Å². The quantitative estimate of drug-likeness (QED) is 0.589. The Labute approximate surface area is 70.6 Å². The molecule has 0 radical (unpaired) electrons. The van der Waals surface area contributed by atoms with Crippen LogP contribution in [-0.4, -0.2) is 40.3 Å². The van der Waals surface area contributed by atoms with E-state index >= 15 is 0 Å². The van der Waals surface area contributed by atoms with Gasteiger partial charge in [0.05, 0.1) is 0 Å². The van der Waals surface area contributed by atoms with Crippen LogP contribution in [0, 0.1) is 0 Å². The minimum absolute atomic E-state index is 0.850. The minimum atomic E-state index is 0.850. The molecule has 2 aromatic rings. The summed E-state index contributed by atoms with van der Waals surface area (Å²) >= 11 is 1.55. The molecule has 4 nitrogen and oxygen atoms in total. The van der Waals surface area contributed by atoms with Crippen molar-refractivity contribution in [3.8, 4) is 0 Å². The van der Waals surface area contributed by atoms with Crippen LogP contribution in [0.25, 0.3) is 11.2 Å². The third-order valence-electron chi connectivity index (χ3n) is 1.20. The van der Waals surface area contributed by atoms with E-state index in [9.17, 15) is 0 Å². The molecule has 0 unspecified atom stereocenters. The normalized spacial score (nSPS) is 10.5. The number of hydrogen-bond acceptors (Lipinski definition) is 3. The Morgan fingerprint density at radius 2 is 2.30 bits per heavy atom. The summed E-state index contributed by atoms with van der Waals surface area (Å²) in [4.78, 5) is 12.0. The molecule has 2 rings (SSSR count). The van der Waals surface area contributed by atoms with Crippen LogP contribution in [0.2, 0.25) is 0 Å². The van der Waals surface area contributed by atoms with Crippen molar-refractivity contribution in [2.45, 2.75) is 0 Å². The van der Waals surface area contributed by atoms with E-state index in [4.69, 9.17) is 0 Å². The molecule has 0 bridgehead atoms. The van der Waals surface area contributed by atoms with Gasteiger partial charge in [0.25, 0.3) is 0 Å². The first-order valence-electron chi connectivity index (χ1n) is 2.70. The van der Waals surface area contributed by atoms with Crippen molar-refractivity contribution < 1.29 is 0 Å². The van der Waals surface area contributed by atoms with Crippen molar-refractivity contribution in [3.63, 3.8) is 0 Å². The van der Waals surface area contributed by atoms with Crippen LogP contribution in [0.5, 0.6) is 0 Å². The van der Waals surface area contributed by atoms with Crippen LogP contribution < -0.4 is 0 Å². The fourth-order valence-corrected chi connectivity index (χ4v) is 1.34. The Balaban J connectivity index is 2.93. The van der Waals surface area contributed by atoms with Gasteiger partial charge in [0.2, 0.25) is 0 Å². The van der Waals surface area contributed by atoms with Crippen molar-refractivity contribution in [1.29, 1.82) is 0 Å².